The summed E-state index contributed by atoms with van der Waals surface area (Å²) in [4.78, 5) is 28.1. The van der Waals surface area contributed by atoms with Gasteiger partial charge < -0.3 is 14.4 Å². The maximum Gasteiger partial charge on any atom is 0.340 e. The number of likely N-dealkylation sites (tertiary alicyclic amines) is 1. The molecule has 6 heteroatoms. The van der Waals surface area contributed by atoms with Gasteiger partial charge in [-0.2, -0.15) is 0 Å². The minimum absolute atomic E-state index is 0.221. The third kappa shape index (κ3) is 4.64. The Morgan fingerprint density at radius 2 is 1.88 bits per heavy atom. The molecule has 1 aliphatic heterocycles. The number of ether oxygens (including phenoxy) is 2. The van der Waals surface area contributed by atoms with Gasteiger partial charge in [0, 0.05) is 24.2 Å². The van der Waals surface area contributed by atoms with Crippen LogP contribution >= 0.6 is 11.3 Å². The first kappa shape index (κ1) is 20.0. The summed E-state index contributed by atoms with van der Waals surface area (Å²) in [6.45, 7) is 2.81. The maximum absolute atomic E-state index is 12.5. The predicted octanol–water partition coefficient (Wildman–Crippen LogP) is 3.79. The lowest BCUT2D eigenvalue weighted by Crippen LogP contribution is -2.29. The van der Waals surface area contributed by atoms with Crippen molar-refractivity contribution < 1.29 is 19.1 Å². The van der Waals surface area contributed by atoms with Crippen molar-refractivity contribution >= 4 is 28.8 Å². The van der Waals surface area contributed by atoms with Crippen LogP contribution in [-0.2, 0) is 19.1 Å². The van der Waals surface area contributed by atoms with Gasteiger partial charge in [0.1, 0.15) is 0 Å². The number of methoxy groups -OCH3 is 2. The van der Waals surface area contributed by atoms with Crippen LogP contribution in [0.3, 0.4) is 0 Å². The second-order valence-electron chi connectivity index (χ2n) is 6.09. The molecule has 0 atom stereocenters. The molecule has 1 aromatic rings. The Labute approximate surface area is 158 Å². The quantitative estimate of drug-likeness (QED) is 0.445. The second kappa shape index (κ2) is 9.38. The molecule has 0 aliphatic carbocycles. The van der Waals surface area contributed by atoms with Gasteiger partial charge in [-0.15, -0.1) is 11.3 Å². The smallest absolute Gasteiger partial charge is 0.340 e. The summed E-state index contributed by atoms with van der Waals surface area (Å²) in [5, 5.41) is 2.00. The SMILES string of the molecule is COC(=O)C(=C/C=C(/C)c1cccs1)/C(C(=O)OC)=C1/CCCCN1C. The molecule has 1 saturated heterocycles. The highest BCUT2D eigenvalue weighted by Crippen LogP contribution is 2.28. The van der Waals surface area contributed by atoms with Crippen LogP contribution in [-0.4, -0.2) is 44.7 Å². The monoisotopic (exact) mass is 375 g/mol. The molecule has 2 heterocycles. The summed E-state index contributed by atoms with van der Waals surface area (Å²) >= 11 is 1.62. The standard InChI is InChI=1S/C20H25NO4S/c1-14(17-9-7-13-26-17)10-11-15(19(22)24-3)18(20(23)25-4)16-8-5-6-12-21(16)2/h7,9-11,13H,5-6,8,12H2,1-4H3/b14-10-,15-11+,18-16+. The minimum Gasteiger partial charge on any atom is -0.465 e. The largest absolute Gasteiger partial charge is 0.465 e. The number of carbonyl (C=O) groups is 2. The van der Waals surface area contributed by atoms with Gasteiger partial charge in [0.15, 0.2) is 0 Å². The van der Waals surface area contributed by atoms with Crippen molar-refractivity contribution in [1.29, 1.82) is 0 Å². The molecule has 2 rings (SSSR count). The molecule has 140 valence electrons. The molecule has 1 aliphatic rings. The van der Waals surface area contributed by atoms with E-state index in [0.717, 1.165) is 42.0 Å². The van der Waals surface area contributed by atoms with E-state index in [2.05, 4.69) is 0 Å². The predicted molar refractivity (Wildman–Crippen MR) is 104 cm³/mol. The number of allylic oxidation sites excluding steroid dienone is 4. The number of hydrogen-bond donors (Lipinski definition) is 0. The van der Waals surface area contributed by atoms with Crippen molar-refractivity contribution in [3.05, 3.63) is 51.4 Å². The highest BCUT2D eigenvalue weighted by molar-refractivity contribution is 7.11. The summed E-state index contributed by atoms with van der Waals surface area (Å²) in [6.07, 6.45) is 6.25. The van der Waals surface area contributed by atoms with E-state index in [1.807, 2.05) is 42.5 Å². The Balaban J connectivity index is 2.55. The van der Waals surface area contributed by atoms with Crippen molar-refractivity contribution in [1.82, 2.24) is 4.90 Å². The third-order valence-electron chi connectivity index (χ3n) is 4.38. The summed E-state index contributed by atoms with van der Waals surface area (Å²) in [6, 6.07) is 3.98. The Bertz CT molecular complexity index is 744. The van der Waals surface area contributed by atoms with Crippen LogP contribution in [0.1, 0.15) is 31.1 Å². The number of esters is 2. The maximum atomic E-state index is 12.5. The Hall–Kier alpha value is -2.34. The molecule has 0 amide bonds. The van der Waals surface area contributed by atoms with E-state index in [1.54, 1.807) is 17.4 Å². The van der Waals surface area contributed by atoms with Crippen LogP contribution in [0, 0.1) is 0 Å². The fourth-order valence-electron chi connectivity index (χ4n) is 2.93. The normalized spacial score (nSPS) is 17.8. The van der Waals surface area contributed by atoms with Gasteiger partial charge in [0.2, 0.25) is 0 Å². The summed E-state index contributed by atoms with van der Waals surface area (Å²) < 4.78 is 9.92. The Morgan fingerprint density at radius 1 is 1.15 bits per heavy atom. The number of piperidine rings is 1. The van der Waals surface area contributed by atoms with E-state index in [1.165, 1.54) is 14.2 Å². The lowest BCUT2D eigenvalue weighted by Gasteiger charge is -2.30. The molecule has 26 heavy (non-hydrogen) atoms. The molecule has 0 unspecified atom stereocenters. The fourth-order valence-corrected chi connectivity index (χ4v) is 3.64. The molecule has 1 aromatic heterocycles. The molecular formula is C20H25NO4S. The lowest BCUT2D eigenvalue weighted by atomic mass is 9.96. The first-order valence-electron chi connectivity index (χ1n) is 8.53. The lowest BCUT2D eigenvalue weighted by molar-refractivity contribution is -0.139. The van der Waals surface area contributed by atoms with E-state index < -0.39 is 11.9 Å². The zero-order valence-corrected chi connectivity index (χ0v) is 16.5. The van der Waals surface area contributed by atoms with Crippen LogP contribution < -0.4 is 0 Å². The number of thiophene rings is 1. The molecule has 0 N–H and O–H groups in total. The summed E-state index contributed by atoms with van der Waals surface area (Å²) in [7, 11) is 4.57. The fraction of sp³-hybridized carbons (Fsp3) is 0.400. The highest BCUT2D eigenvalue weighted by atomic mass is 32.1. The average Bonchev–Trinajstić information content (AvgIpc) is 3.19. The Morgan fingerprint density at radius 3 is 2.46 bits per heavy atom. The van der Waals surface area contributed by atoms with Crippen molar-refractivity contribution in [3.8, 4) is 0 Å². The molecule has 0 radical (unpaired) electrons. The van der Waals surface area contributed by atoms with Crippen molar-refractivity contribution in [2.45, 2.75) is 26.2 Å². The zero-order valence-electron chi connectivity index (χ0n) is 15.7. The van der Waals surface area contributed by atoms with Crippen LogP contribution in [0.5, 0.6) is 0 Å². The van der Waals surface area contributed by atoms with E-state index >= 15 is 0 Å². The van der Waals surface area contributed by atoms with Gasteiger partial charge in [-0.05, 0) is 49.3 Å². The van der Waals surface area contributed by atoms with E-state index in [4.69, 9.17) is 9.47 Å². The van der Waals surface area contributed by atoms with E-state index in [-0.39, 0.29) is 11.1 Å². The third-order valence-corrected chi connectivity index (χ3v) is 5.39. The van der Waals surface area contributed by atoms with Crippen molar-refractivity contribution in [2.24, 2.45) is 0 Å². The molecule has 0 spiro atoms. The molecule has 0 aromatic carbocycles. The topological polar surface area (TPSA) is 55.8 Å². The number of hydrogen-bond acceptors (Lipinski definition) is 6. The highest BCUT2D eigenvalue weighted by Gasteiger charge is 2.28. The first-order valence-corrected chi connectivity index (χ1v) is 9.41. The van der Waals surface area contributed by atoms with Gasteiger partial charge in [0.25, 0.3) is 0 Å². The van der Waals surface area contributed by atoms with Gasteiger partial charge in [-0.3, -0.25) is 0 Å². The van der Waals surface area contributed by atoms with Gasteiger partial charge in [-0.25, -0.2) is 9.59 Å². The number of nitrogens with zero attached hydrogens (tertiary/aromatic N) is 1. The van der Waals surface area contributed by atoms with E-state index in [9.17, 15) is 9.59 Å². The van der Waals surface area contributed by atoms with Crippen molar-refractivity contribution in [3.63, 3.8) is 0 Å². The molecule has 0 saturated carbocycles. The van der Waals surface area contributed by atoms with Gasteiger partial charge in [-0.1, -0.05) is 12.1 Å². The van der Waals surface area contributed by atoms with Crippen molar-refractivity contribution in [2.75, 3.05) is 27.8 Å². The van der Waals surface area contributed by atoms with Gasteiger partial charge in [0.05, 0.1) is 25.4 Å². The molecule has 0 bridgehead atoms. The van der Waals surface area contributed by atoms with Crippen LogP contribution in [0.2, 0.25) is 0 Å². The second-order valence-corrected chi connectivity index (χ2v) is 7.04. The van der Waals surface area contributed by atoms with Gasteiger partial charge >= 0.3 is 11.9 Å². The number of carbonyl (C=O) groups excluding carboxylic acids is 2. The summed E-state index contributed by atoms with van der Waals surface area (Å²) in [5.41, 5.74) is 2.34. The first-order chi connectivity index (χ1) is 12.5. The van der Waals surface area contributed by atoms with Crippen LogP contribution in [0.4, 0.5) is 0 Å². The van der Waals surface area contributed by atoms with Crippen LogP contribution in [0.25, 0.3) is 5.57 Å². The minimum atomic E-state index is -0.549. The van der Waals surface area contributed by atoms with Crippen LogP contribution in [0.15, 0.2) is 46.5 Å². The zero-order chi connectivity index (χ0) is 19.1. The Kier molecular flexibility index (Phi) is 7.21. The molecule has 5 nitrogen and oxygen atoms in total. The van der Waals surface area contributed by atoms with E-state index in [0.29, 0.717) is 0 Å². The number of rotatable bonds is 5. The molecular weight excluding hydrogens is 350 g/mol. The average molecular weight is 375 g/mol. The molecule has 1 fully saturated rings. The summed E-state index contributed by atoms with van der Waals surface area (Å²) in [5.74, 6) is -1.07.